The summed E-state index contributed by atoms with van der Waals surface area (Å²) in [4.78, 5) is 0. The van der Waals surface area contributed by atoms with Gasteiger partial charge < -0.3 is 0 Å². The fourth-order valence-electron chi connectivity index (χ4n) is 4.41. The topological polar surface area (TPSA) is 0 Å². The van der Waals surface area contributed by atoms with Crippen LogP contribution in [-0.4, -0.2) is 26.3 Å². The molecule has 0 saturated carbocycles. The zero-order valence-corrected chi connectivity index (χ0v) is 16.2. The molecule has 0 fully saturated rings. The summed E-state index contributed by atoms with van der Waals surface area (Å²) in [5.74, 6) is 2.82. The third-order valence-corrected chi connectivity index (χ3v) is 12.0. The monoisotopic (exact) mass is 428 g/mol. The van der Waals surface area contributed by atoms with E-state index >= 15 is 0 Å². The van der Waals surface area contributed by atoms with E-state index < -0.39 is 0 Å². The Morgan fingerprint density at radius 1 is 0.652 bits per heavy atom. The Kier molecular flexibility index (Phi) is 3.12. The molecule has 0 saturated heterocycles. The quantitative estimate of drug-likeness (QED) is 0.540. The minimum absolute atomic E-state index is 0.125. The first kappa shape index (κ1) is 14.1. The average Bonchev–Trinajstić information content (AvgIpc) is 2.62. The van der Waals surface area contributed by atoms with E-state index in [0.29, 0.717) is 32.2 Å². The molecule has 0 heterocycles. The van der Waals surface area contributed by atoms with Crippen molar-refractivity contribution >= 4 is 26.3 Å². The van der Waals surface area contributed by atoms with Gasteiger partial charge in [-0.15, -0.1) is 0 Å². The van der Waals surface area contributed by atoms with Crippen molar-refractivity contribution in [2.75, 3.05) is 0 Å². The first-order valence-corrected chi connectivity index (χ1v) is 14.8. The van der Waals surface area contributed by atoms with E-state index in [2.05, 4.69) is 78.6 Å². The molecule has 0 spiro atoms. The van der Waals surface area contributed by atoms with E-state index in [1.165, 1.54) is 16.7 Å². The van der Waals surface area contributed by atoms with Crippen molar-refractivity contribution in [3.63, 3.8) is 0 Å². The molecule has 0 atom stereocenters. The van der Waals surface area contributed by atoms with Crippen LogP contribution in [0.15, 0.2) is 72.8 Å². The third-order valence-electron chi connectivity index (χ3n) is 5.16. The maximum absolute atomic E-state index is 2.40. The SMILES string of the molecule is C[Se][Se]C12c3ccccc3C(c3ccccc31)c1ccccc12. The van der Waals surface area contributed by atoms with Crippen LogP contribution < -0.4 is 0 Å². The summed E-state index contributed by atoms with van der Waals surface area (Å²) in [7, 11) is 0. The number of hydrogen-bond donors (Lipinski definition) is 0. The van der Waals surface area contributed by atoms with Crippen LogP contribution in [0.2, 0.25) is 5.82 Å². The summed E-state index contributed by atoms with van der Waals surface area (Å²) in [6, 6.07) is 27.6. The molecular weight excluding hydrogens is 410 g/mol. The summed E-state index contributed by atoms with van der Waals surface area (Å²) >= 11 is 1.23. The Labute approximate surface area is 148 Å². The van der Waals surface area contributed by atoms with Crippen LogP contribution >= 0.6 is 0 Å². The predicted octanol–water partition coefficient (Wildman–Crippen LogP) is 4.16. The first-order chi connectivity index (χ1) is 11.4. The van der Waals surface area contributed by atoms with Crippen molar-refractivity contribution in [3.8, 4) is 0 Å². The zero-order chi connectivity index (χ0) is 15.4. The first-order valence-electron chi connectivity index (χ1n) is 7.88. The summed E-state index contributed by atoms with van der Waals surface area (Å²) in [5, 5.41) is 0. The fraction of sp³-hybridized carbons (Fsp3) is 0.143. The van der Waals surface area contributed by atoms with E-state index in [1.54, 1.807) is 16.7 Å². The maximum atomic E-state index is 2.40. The molecule has 0 radical (unpaired) electrons. The predicted molar refractivity (Wildman–Crippen MR) is 97.5 cm³/mol. The molecule has 112 valence electrons. The zero-order valence-electron chi connectivity index (χ0n) is 12.8. The molecule has 0 N–H and O–H groups in total. The van der Waals surface area contributed by atoms with Gasteiger partial charge in [-0.3, -0.25) is 0 Å². The van der Waals surface area contributed by atoms with E-state index in [4.69, 9.17) is 0 Å². The standard InChI is InChI=1S/C21H16Se2/c1-22-23-21-17-11-5-2-8-14(17)20(15-9-3-6-12-18(15)21)16-10-4-7-13-19(16)21/h2-13,20H,1H3. The number of hydrogen-bond acceptors (Lipinski definition) is 0. The molecule has 2 bridgehead atoms. The van der Waals surface area contributed by atoms with Crippen LogP contribution in [0.25, 0.3) is 0 Å². The fourth-order valence-corrected chi connectivity index (χ4v) is 12.3. The van der Waals surface area contributed by atoms with E-state index in [-0.39, 0.29) is 4.31 Å². The van der Waals surface area contributed by atoms with Gasteiger partial charge in [0.15, 0.2) is 0 Å². The summed E-state index contributed by atoms with van der Waals surface area (Å²) in [6.07, 6.45) is 0. The van der Waals surface area contributed by atoms with Crippen molar-refractivity contribution < 1.29 is 0 Å². The van der Waals surface area contributed by atoms with Gasteiger partial charge in [-0.2, -0.15) is 0 Å². The van der Waals surface area contributed by atoms with Crippen LogP contribution in [-0.2, 0) is 4.31 Å². The minimum atomic E-state index is 0.125. The normalized spacial score (nSPS) is 23.1. The molecule has 0 amide bonds. The molecule has 2 heteroatoms. The molecule has 3 aromatic carbocycles. The van der Waals surface area contributed by atoms with Crippen LogP contribution in [0, 0.1) is 0 Å². The van der Waals surface area contributed by atoms with Gasteiger partial charge in [0, 0.05) is 0 Å². The Morgan fingerprint density at radius 2 is 1.04 bits per heavy atom. The van der Waals surface area contributed by atoms with Gasteiger partial charge in [0.1, 0.15) is 0 Å². The molecule has 0 unspecified atom stereocenters. The van der Waals surface area contributed by atoms with Gasteiger partial charge >= 0.3 is 148 Å². The molecule has 3 aliphatic rings. The molecule has 0 aliphatic heterocycles. The molecule has 23 heavy (non-hydrogen) atoms. The van der Waals surface area contributed by atoms with E-state index in [9.17, 15) is 0 Å². The van der Waals surface area contributed by atoms with Gasteiger partial charge in [0.25, 0.3) is 0 Å². The Balaban J connectivity index is 1.97. The number of rotatable bonds is 2. The van der Waals surface area contributed by atoms with Crippen molar-refractivity contribution in [1.29, 1.82) is 0 Å². The summed E-state index contributed by atoms with van der Waals surface area (Å²) in [6.45, 7) is 0. The second kappa shape index (κ2) is 5.10. The average molecular weight is 426 g/mol. The Morgan fingerprint density at radius 3 is 1.43 bits per heavy atom. The number of benzene rings is 3. The molecular formula is C21H16Se2. The van der Waals surface area contributed by atoms with Crippen molar-refractivity contribution in [2.24, 2.45) is 0 Å². The van der Waals surface area contributed by atoms with Crippen LogP contribution in [0.5, 0.6) is 0 Å². The van der Waals surface area contributed by atoms with E-state index in [0.717, 1.165) is 0 Å². The molecule has 3 aromatic rings. The Bertz CT molecular complexity index is 797. The molecule has 0 nitrogen and oxygen atoms in total. The van der Waals surface area contributed by atoms with Crippen LogP contribution in [0.3, 0.4) is 0 Å². The Hall–Kier alpha value is -1.30. The second-order valence-electron chi connectivity index (χ2n) is 6.13. The van der Waals surface area contributed by atoms with Gasteiger partial charge in [0.05, 0.1) is 0 Å². The third kappa shape index (κ3) is 1.68. The van der Waals surface area contributed by atoms with Gasteiger partial charge in [-0.25, -0.2) is 0 Å². The van der Waals surface area contributed by atoms with E-state index in [1.807, 2.05) is 0 Å². The van der Waals surface area contributed by atoms with Crippen molar-refractivity contribution in [2.45, 2.75) is 16.1 Å². The second-order valence-corrected chi connectivity index (χ2v) is 13.9. The van der Waals surface area contributed by atoms with Crippen molar-refractivity contribution in [1.82, 2.24) is 0 Å². The summed E-state index contributed by atoms with van der Waals surface area (Å²) < 4.78 is 0.125. The molecule has 3 aliphatic carbocycles. The van der Waals surface area contributed by atoms with Crippen LogP contribution in [0.4, 0.5) is 0 Å². The van der Waals surface area contributed by atoms with Crippen LogP contribution in [0.1, 0.15) is 39.3 Å². The summed E-state index contributed by atoms with van der Waals surface area (Å²) in [5.41, 5.74) is 9.34. The van der Waals surface area contributed by atoms with Gasteiger partial charge in [0.2, 0.25) is 0 Å². The van der Waals surface area contributed by atoms with Gasteiger partial charge in [-0.1, -0.05) is 0 Å². The molecule has 6 rings (SSSR count). The molecule has 0 aromatic heterocycles. The van der Waals surface area contributed by atoms with Crippen molar-refractivity contribution in [3.05, 3.63) is 106 Å². The van der Waals surface area contributed by atoms with Gasteiger partial charge in [-0.05, 0) is 0 Å².